The Kier molecular flexibility index (Phi) is 4.84. The van der Waals surface area contributed by atoms with E-state index in [1.54, 1.807) is 0 Å². The van der Waals surface area contributed by atoms with Crippen LogP contribution in [0.4, 0.5) is 5.82 Å². The SMILES string of the molecule is CCC(Nc1ccnn1CC(C)C)C(C)C. The van der Waals surface area contributed by atoms with Crippen molar-refractivity contribution in [2.75, 3.05) is 5.32 Å². The molecule has 0 fully saturated rings. The molecule has 0 saturated carbocycles. The summed E-state index contributed by atoms with van der Waals surface area (Å²) in [6.07, 6.45) is 3.02. The van der Waals surface area contributed by atoms with Gasteiger partial charge in [-0.05, 0) is 18.3 Å². The lowest BCUT2D eigenvalue weighted by atomic mass is 10.0. The fraction of sp³-hybridized carbons (Fsp3) is 0.769. The quantitative estimate of drug-likeness (QED) is 0.801. The smallest absolute Gasteiger partial charge is 0.124 e. The van der Waals surface area contributed by atoms with Crippen molar-refractivity contribution in [2.45, 2.75) is 53.6 Å². The minimum absolute atomic E-state index is 0.530. The number of hydrogen-bond acceptors (Lipinski definition) is 2. The first-order chi connectivity index (χ1) is 7.54. The van der Waals surface area contributed by atoms with Crippen LogP contribution in [0.15, 0.2) is 12.3 Å². The molecule has 0 aliphatic carbocycles. The molecule has 16 heavy (non-hydrogen) atoms. The number of nitrogens with one attached hydrogen (secondary N) is 1. The van der Waals surface area contributed by atoms with Crippen LogP contribution in [-0.2, 0) is 6.54 Å². The molecule has 3 heteroatoms. The lowest BCUT2D eigenvalue weighted by Crippen LogP contribution is -2.26. The van der Waals surface area contributed by atoms with Crippen LogP contribution in [0.2, 0.25) is 0 Å². The van der Waals surface area contributed by atoms with E-state index in [-0.39, 0.29) is 0 Å². The molecule has 0 radical (unpaired) electrons. The summed E-state index contributed by atoms with van der Waals surface area (Å²) in [6, 6.07) is 2.59. The molecule has 0 amide bonds. The van der Waals surface area contributed by atoms with Gasteiger partial charge in [0.05, 0.1) is 6.20 Å². The Bertz CT molecular complexity index is 302. The molecule has 1 aromatic rings. The van der Waals surface area contributed by atoms with Crippen molar-refractivity contribution in [3.63, 3.8) is 0 Å². The molecular formula is C13H25N3. The van der Waals surface area contributed by atoms with Crippen LogP contribution in [0.5, 0.6) is 0 Å². The summed E-state index contributed by atoms with van der Waals surface area (Å²) in [4.78, 5) is 0. The average Bonchev–Trinajstić information content (AvgIpc) is 2.60. The minimum atomic E-state index is 0.530. The number of anilines is 1. The van der Waals surface area contributed by atoms with Gasteiger partial charge in [-0.25, -0.2) is 4.68 Å². The summed E-state index contributed by atoms with van der Waals surface area (Å²) in [5.41, 5.74) is 0. The zero-order chi connectivity index (χ0) is 12.1. The topological polar surface area (TPSA) is 29.9 Å². The molecule has 1 heterocycles. The van der Waals surface area contributed by atoms with E-state index >= 15 is 0 Å². The van der Waals surface area contributed by atoms with Crippen molar-refractivity contribution in [2.24, 2.45) is 11.8 Å². The lowest BCUT2D eigenvalue weighted by molar-refractivity contribution is 0.471. The van der Waals surface area contributed by atoms with Gasteiger partial charge in [-0.1, -0.05) is 34.6 Å². The van der Waals surface area contributed by atoms with Crippen molar-refractivity contribution in [1.82, 2.24) is 9.78 Å². The molecule has 92 valence electrons. The highest BCUT2D eigenvalue weighted by Crippen LogP contribution is 2.15. The van der Waals surface area contributed by atoms with Gasteiger partial charge in [0.2, 0.25) is 0 Å². The van der Waals surface area contributed by atoms with Crippen LogP contribution >= 0.6 is 0 Å². The van der Waals surface area contributed by atoms with Crippen LogP contribution in [0, 0.1) is 11.8 Å². The molecular weight excluding hydrogens is 198 g/mol. The van der Waals surface area contributed by atoms with Crippen molar-refractivity contribution < 1.29 is 0 Å². The summed E-state index contributed by atoms with van der Waals surface area (Å²) in [5.74, 6) is 2.42. The second-order valence-electron chi connectivity index (χ2n) is 5.20. The maximum absolute atomic E-state index is 4.36. The molecule has 1 unspecified atom stereocenters. The van der Waals surface area contributed by atoms with Gasteiger partial charge in [0.1, 0.15) is 5.82 Å². The van der Waals surface area contributed by atoms with E-state index in [2.05, 4.69) is 55.8 Å². The van der Waals surface area contributed by atoms with Crippen molar-refractivity contribution in [1.29, 1.82) is 0 Å². The van der Waals surface area contributed by atoms with Gasteiger partial charge in [-0.3, -0.25) is 0 Å². The van der Waals surface area contributed by atoms with Crippen LogP contribution in [0.1, 0.15) is 41.0 Å². The largest absolute Gasteiger partial charge is 0.367 e. The highest BCUT2D eigenvalue weighted by atomic mass is 15.3. The Morgan fingerprint density at radius 1 is 1.31 bits per heavy atom. The third-order valence-electron chi connectivity index (χ3n) is 2.83. The molecule has 1 rings (SSSR count). The Morgan fingerprint density at radius 2 is 2.00 bits per heavy atom. The molecule has 1 aromatic heterocycles. The van der Waals surface area contributed by atoms with Crippen LogP contribution in [0.25, 0.3) is 0 Å². The van der Waals surface area contributed by atoms with Gasteiger partial charge < -0.3 is 5.32 Å². The molecule has 0 aliphatic heterocycles. The Balaban J connectivity index is 2.68. The second kappa shape index (κ2) is 5.92. The van der Waals surface area contributed by atoms with Gasteiger partial charge in [-0.2, -0.15) is 5.10 Å². The van der Waals surface area contributed by atoms with E-state index in [1.165, 1.54) is 0 Å². The zero-order valence-electron chi connectivity index (χ0n) is 11.2. The van der Waals surface area contributed by atoms with Crippen molar-refractivity contribution in [3.05, 3.63) is 12.3 Å². The van der Waals surface area contributed by atoms with Gasteiger partial charge in [0.25, 0.3) is 0 Å². The third kappa shape index (κ3) is 3.54. The molecule has 1 atom stereocenters. The number of nitrogens with zero attached hydrogens (tertiary/aromatic N) is 2. The van der Waals surface area contributed by atoms with Crippen LogP contribution in [0.3, 0.4) is 0 Å². The average molecular weight is 223 g/mol. The maximum Gasteiger partial charge on any atom is 0.124 e. The van der Waals surface area contributed by atoms with Gasteiger partial charge >= 0.3 is 0 Å². The van der Waals surface area contributed by atoms with Crippen molar-refractivity contribution in [3.8, 4) is 0 Å². The van der Waals surface area contributed by atoms with Crippen LogP contribution < -0.4 is 5.32 Å². The molecule has 1 N–H and O–H groups in total. The summed E-state index contributed by atoms with van der Waals surface area (Å²) in [7, 11) is 0. The van der Waals surface area contributed by atoms with Crippen LogP contribution in [-0.4, -0.2) is 15.8 Å². The minimum Gasteiger partial charge on any atom is -0.367 e. The van der Waals surface area contributed by atoms with Crippen molar-refractivity contribution >= 4 is 5.82 Å². The second-order valence-corrected chi connectivity index (χ2v) is 5.20. The normalized spacial score (nSPS) is 13.4. The summed E-state index contributed by atoms with van der Waals surface area (Å²) in [6.45, 7) is 12.1. The summed E-state index contributed by atoms with van der Waals surface area (Å²) in [5, 5.41) is 7.94. The molecule has 3 nitrogen and oxygen atoms in total. The maximum atomic E-state index is 4.36. The fourth-order valence-corrected chi connectivity index (χ4v) is 1.88. The zero-order valence-corrected chi connectivity index (χ0v) is 11.2. The van der Waals surface area contributed by atoms with Gasteiger partial charge in [0.15, 0.2) is 0 Å². The van der Waals surface area contributed by atoms with Gasteiger partial charge in [-0.15, -0.1) is 0 Å². The summed E-state index contributed by atoms with van der Waals surface area (Å²) < 4.78 is 2.07. The van der Waals surface area contributed by atoms with E-state index < -0.39 is 0 Å². The number of aromatic nitrogens is 2. The number of hydrogen-bond donors (Lipinski definition) is 1. The predicted molar refractivity (Wildman–Crippen MR) is 69.6 cm³/mol. The monoisotopic (exact) mass is 223 g/mol. The lowest BCUT2D eigenvalue weighted by Gasteiger charge is -2.22. The molecule has 0 saturated heterocycles. The third-order valence-corrected chi connectivity index (χ3v) is 2.83. The highest BCUT2D eigenvalue weighted by molar-refractivity contribution is 5.35. The first kappa shape index (κ1) is 13.1. The number of rotatable bonds is 6. The van der Waals surface area contributed by atoms with E-state index in [0.29, 0.717) is 17.9 Å². The van der Waals surface area contributed by atoms with E-state index in [1.807, 2.05) is 6.20 Å². The Hall–Kier alpha value is -0.990. The Morgan fingerprint density at radius 3 is 2.50 bits per heavy atom. The molecule has 0 aromatic carbocycles. The predicted octanol–water partition coefficient (Wildman–Crippen LogP) is 3.39. The first-order valence-electron chi connectivity index (χ1n) is 6.33. The fourth-order valence-electron chi connectivity index (χ4n) is 1.88. The molecule has 0 bridgehead atoms. The molecule has 0 spiro atoms. The standard InChI is InChI=1S/C13H25N3/c1-6-12(11(4)5)15-13-7-8-14-16(13)9-10(2)3/h7-8,10-12,15H,6,9H2,1-5H3. The van der Waals surface area contributed by atoms with E-state index in [0.717, 1.165) is 18.8 Å². The first-order valence-corrected chi connectivity index (χ1v) is 6.33. The molecule has 0 aliphatic rings. The van der Waals surface area contributed by atoms with Gasteiger partial charge in [0, 0.05) is 18.7 Å². The van der Waals surface area contributed by atoms with E-state index in [4.69, 9.17) is 0 Å². The Labute approximate surface area is 99.2 Å². The summed E-state index contributed by atoms with van der Waals surface area (Å²) >= 11 is 0. The van der Waals surface area contributed by atoms with E-state index in [9.17, 15) is 0 Å². The highest BCUT2D eigenvalue weighted by Gasteiger charge is 2.13.